The average Bonchev–Trinajstić information content (AvgIpc) is 3.13. The van der Waals surface area contributed by atoms with Gasteiger partial charge in [0.15, 0.2) is 5.82 Å². The molecule has 3 aromatic rings. The highest BCUT2D eigenvalue weighted by Crippen LogP contribution is 2.43. The van der Waals surface area contributed by atoms with Crippen LogP contribution in [0.2, 0.25) is 0 Å². The third kappa shape index (κ3) is 2.84. The third-order valence-electron chi connectivity index (χ3n) is 5.26. The number of benzene rings is 1. The fraction of sp³-hybridized carbons (Fsp3) is 0.333. The number of nitrogens with two attached hydrogens (primary N) is 1. The Hall–Kier alpha value is -2.62. The van der Waals surface area contributed by atoms with Gasteiger partial charge in [0.2, 0.25) is 0 Å². The van der Waals surface area contributed by atoms with E-state index >= 15 is 0 Å². The number of fused-ring (bicyclic) bond motifs is 1. The summed E-state index contributed by atoms with van der Waals surface area (Å²) in [6.07, 6.45) is -1.12. The van der Waals surface area contributed by atoms with Crippen molar-refractivity contribution in [3.63, 3.8) is 0 Å². The van der Waals surface area contributed by atoms with Crippen LogP contribution in [0.4, 0.5) is 14.6 Å². The van der Waals surface area contributed by atoms with E-state index in [4.69, 9.17) is 5.73 Å². The zero-order valence-corrected chi connectivity index (χ0v) is 14.1. The van der Waals surface area contributed by atoms with Gasteiger partial charge in [-0.2, -0.15) is 0 Å². The molecule has 0 spiro atoms. The van der Waals surface area contributed by atoms with Crippen molar-refractivity contribution < 1.29 is 24.1 Å². The summed E-state index contributed by atoms with van der Waals surface area (Å²) < 4.78 is 28.8. The maximum Gasteiger partial charge on any atom is 0.154 e. The average molecular weight is 376 g/mol. The first-order valence-electron chi connectivity index (χ1n) is 8.44. The molecule has 0 radical (unpaired) electrons. The normalized spacial score (nSPS) is 26.6. The first-order chi connectivity index (χ1) is 12.9. The minimum absolute atomic E-state index is 0.0211. The standard InChI is InChI=1S/C18H18F2N4O3/c19-9-3-1-8(2-4-9)14(25)10-5-12(16(27)15(10)26)24-6-11(20)13-17(21)22-7-23-18(13)24/h1-4,6-7,10,12,14-16,25-27H,5H2,(H2,21,22,23)/t10-,12-,14?,15-,16+/m1/s1. The lowest BCUT2D eigenvalue weighted by atomic mass is 9.92. The van der Waals surface area contributed by atoms with Crippen molar-refractivity contribution in [1.82, 2.24) is 14.5 Å². The Morgan fingerprint density at radius 3 is 2.52 bits per heavy atom. The van der Waals surface area contributed by atoms with E-state index in [0.717, 1.165) is 6.20 Å². The maximum atomic E-state index is 14.3. The number of nitrogens with zero attached hydrogens (tertiary/aromatic N) is 3. The van der Waals surface area contributed by atoms with Gasteiger partial charge in [-0.25, -0.2) is 18.7 Å². The van der Waals surface area contributed by atoms with E-state index in [1.165, 1.54) is 35.2 Å². The van der Waals surface area contributed by atoms with Crippen molar-refractivity contribution in [3.8, 4) is 0 Å². The van der Waals surface area contributed by atoms with Gasteiger partial charge in [-0.3, -0.25) is 0 Å². The van der Waals surface area contributed by atoms with Crippen LogP contribution in [0.1, 0.15) is 24.1 Å². The number of hydrogen-bond donors (Lipinski definition) is 4. The van der Waals surface area contributed by atoms with E-state index in [2.05, 4.69) is 9.97 Å². The van der Waals surface area contributed by atoms with Crippen LogP contribution >= 0.6 is 0 Å². The number of aromatic nitrogens is 3. The first-order valence-corrected chi connectivity index (χ1v) is 8.44. The topological polar surface area (TPSA) is 117 Å². The lowest BCUT2D eigenvalue weighted by Crippen LogP contribution is -2.31. The molecule has 5 N–H and O–H groups in total. The van der Waals surface area contributed by atoms with Crippen LogP contribution in [-0.2, 0) is 0 Å². The highest BCUT2D eigenvalue weighted by atomic mass is 19.1. The molecule has 1 aliphatic carbocycles. The van der Waals surface area contributed by atoms with Gasteiger partial charge >= 0.3 is 0 Å². The number of rotatable bonds is 3. The van der Waals surface area contributed by atoms with Crippen LogP contribution < -0.4 is 5.73 Å². The molecule has 5 atom stereocenters. The molecule has 2 aromatic heterocycles. The van der Waals surface area contributed by atoms with Gasteiger partial charge < -0.3 is 25.6 Å². The third-order valence-corrected chi connectivity index (χ3v) is 5.26. The fourth-order valence-electron chi connectivity index (χ4n) is 3.85. The summed E-state index contributed by atoms with van der Waals surface area (Å²) in [6.45, 7) is 0. The number of halogens is 2. The van der Waals surface area contributed by atoms with Gasteiger partial charge in [-0.05, 0) is 24.1 Å². The quantitative estimate of drug-likeness (QED) is 0.548. The Labute approximate surface area is 152 Å². The summed E-state index contributed by atoms with van der Waals surface area (Å²) in [5, 5.41) is 31.6. The van der Waals surface area contributed by atoms with E-state index in [9.17, 15) is 24.1 Å². The van der Waals surface area contributed by atoms with Crippen LogP contribution in [0.3, 0.4) is 0 Å². The van der Waals surface area contributed by atoms with Crippen LogP contribution in [0.5, 0.6) is 0 Å². The molecule has 0 bridgehead atoms. The van der Waals surface area contributed by atoms with Gasteiger partial charge in [0.05, 0.1) is 23.6 Å². The van der Waals surface area contributed by atoms with Gasteiger partial charge in [-0.15, -0.1) is 0 Å². The summed E-state index contributed by atoms with van der Waals surface area (Å²) in [7, 11) is 0. The Kier molecular flexibility index (Phi) is 4.29. The number of anilines is 1. The van der Waals surface area contributed by atoms with Crippen molar-refractivity contribution in [3.05, 3.63) is 54.0 Å². The van der Waals surface area contributed by atoms with Crippen molar-refractivity contribution >= 4 is 16.9 Å². The molecule has 27 heavy (non-hydrogen) atoms. The summed E-state index contributed by atoms with van der Waals surface area (Å²) >= 11 is 0. The molecule has 9 heteroatoms. The number of aliphatic hydroxyl groups excluding tert-OH is 3. The van der Waals surface area contributed by atoms with E-state index < -0.39 is 41.9 Å². The molecule has 2 heterocycles. The predicted molar refractivity (Wildman–Crippen MR) is 92.4 cm³/mol. The Bertz CT molecular complexity index is 979. The lowest BCUT2D eigenvalue weighted by molar-refractivity contribution is -0.0265. The molecule has 0 aliphatic heterocycles. The minimum Gasteiger partial charge on any atom is -0.390 e. The molecule has 142 valence electrons. The fourth-order valence-corrected chi connectivity index (χ4v) is 3.85. The zero-order chi connectivity index (χ0) is 19.3. The Morgan fingerprint density at radius 1 is 1.11 bits per heavy atom. The second-order valence-electron chi connectivity index (χ2n) is 6.79. The maximum absolute atomic E-state index is 14.3. The molecule has 4 rings (SSSR count). The zero-order valence-electron chi connectivity index (χ0n) is 14.1. The van der Waals surface area contributed by atoms with Crippen molar-refractivity contribution in [1.29, 1.82) is 0 Å². The van der Waals surface area contributed by atoms with Crippen LogP contribution in [0.15, 0.2) is 36.8 Å². The second kappa shape index (κ2) is 6.52. The number of aliphatic hydroxyl groups is 3. The van der Waals surface area contributed by atoms with Crippen molar-refractivity contribution in [2.24, 2.45) is 5.92 Å². The van der Waals surface area contributed by atoms with Crippen molar-refractivity contribution in [2.75, 3.05) is 5.73 Å². The van der Waals surface area contributed by atoms with Crippen LogP contribution in [0, 0.1) is 17.6 Å². The van der Waals surface area contributed by atoms with Gasteiger partial charge in [-0.1, -0.05) is 12.1 Å². The number of hydrogen-bond acceptors (Lipinski definition) is 6. The SMILES string of the molecule is Nc1ncnc2c1c(F)cn2[C@@H]1C[C@H](C(O)c2ccc(F)cc2)[C@@H](O)[C@H]1O. The van der Waals surface area contributed by atoms with E-state index in [0.29, 0.717) is 5.56 Å². The molecule has 0 amide bonds. The molecule has 1 fully saturated rings. The second-order valence-corrected chi connectivity index (χ2v) is 6.79. The van der Waals surface area contributed by atoms with Gasteiger partial charge in [0, 0.05) is 12.1 Å². The molecule has 1 saturated carbocycles. The molecule has 1 unspecified atom stereocenters. The summed E-state index contributed by atoms with van der Waals surface area (Å²) in [6, 6.07) is 4.54. The molecular formula is C18H18F2N4O3. The number of nitrogen functional groups attached to an aromatic ring is 1. The molecule has 1 aromatic carbocycles. The van der Waals surface area contributed by atoms with Crippen LogP contribution in [0.25, 0.3) is 11.0 Å². The van der Waals surface area contributed by atoms with Gasteiger partial charge in [0.25, 0.3) is 0 Å². The van der Waals surface area contributed by atoms with Crippen molar-refractivity contribution in [2.45, 2.75) is 30.8 Å². The summed E-state index contributed by atoms with van der Waals surface area (Å²) in [5.74, 6) is -1.82. The predicted octanol–water partition coefficient (Wildman–Crippen LogP) is 1.31. The Morgan fingerprint density at radius 2 is 1.81 bits per heavy atom. The van der Waals surface area contributed by atoms with E-state index in [1.807, 2.05) is 0 Å². The Balaban J connectivity index is 1.68. The monoisotopic (exact) mass is 376 g/mol. The van der Waals surface area contributed by atoms with Crippen LogP contribution in [-0.4, -0.2) is 42.1 Å². The molecule has 0 saturated heterocycles. The summed E-state index contributed by atoms with van der Waals surface area (Å²) in [4.78, 5) is 7.80. The lowest BCUT2D eigenvalue weighted by Gasteiger charge is -2.22. The highest BCUT2D eigenvalue weighted by Gasteiger charge is 2.46. The summed E-state index contributed by atoms with van der Waals surface area (Å²) in [5.41, 5.74) is 6.33. The molecule has 1 aliphatic rings. The highest BCUT2D eigenvalue weighted by molar-refractivity contribution is 5.86. The van der Waals surface area contributed by atoms with Gasteiger partial charge in [0.1, 0.15) is 29.7 Å². The van der Waals surface area contributed by atoms with E-state index in [1.54, 1.807) is 0 Å². The molecule has 7 nitrogen and oxygen atoms in total. The molecular weight excluding hydrogens is 358 g/mol. The van der Waals surface area contributed by atoms with E-state index in [-0.39, 0.29) is 23.3 Å². The smallest absolute Gasteiger partial charge is 0.154 e. The minimum atomic E-state index is -1.25. The largest absolute Gasteiger partial charge is 0.390 e. The first kappa shape index (κ1) is 17.8.